The maximum Gasteiger partial charge on any atom is 0.222 e. The quantitative estimate of drug-likeness (QED) is 0.939. The van der Waals surface area contributed by atoms with E-state index in [2.05, 4.69) is 10.2 Å². The van der Waals surface area contributed by atoms with Gasteiger partial charge in [0.15, 0.2) is 0 Å². The van der Waals surface area contributed by atoms with Crippen LogP contribution in [-0.4, -0.2) is 34.1 Å². The van der Waals surface area contributed by atoms with Gasteiger partial charge in [-0.2, -0.15) is 5.10 Å². The minimum atomic E-state index is 0.226. The Morgan fingerprint density at radius 3 is 3.09 bits per heavy atom. The molecule has 0 aliphatic carbocycles. The third kappa shape index (κ3) is 3.69. The van der Waals surface area contributed by atoms with Gasteiger partial charge in [-0.15, -0.1) is 0 Å². The highest BCUT2D eigenvalue weighted by Crippen LogP contribution is 2.25. The molecule has 1 fully saturated rings. The van der Waals surface area contributed by atoms with Crippen molar-refractivity contribution in [3.63, 3.8) is 0 Å². The molecule has 1 atom stereocenters. The summed E-state index contributed by atoms with van der Waals surface area (Å²) in [6.07, 6.45) is 5.21. The Balaban J connectivity index is 1.55. The molecule has 3 rings (SSSR count). The van der Waals surface area contributed by atoms with Gasteiger partial charge in [0, 0.05) is 42.3 Å². The SMILES string of the molecule is O=C(CCc1cccc(Cl)c1)N1CCC[C@@H](c2ccn[nH]2)C1. The lowest BCUT2D eigenvalue weighted by Gasteiger charge is -2.32. The number of halogens is 1. The molecule has 1 aliphatic rings. The van der Waals surface area contributed by atoms with E-state index in [0.29, 0.717) is 12.3 Å². The third-order valence-corrected chi connectivity index (χ3v) is 4.49. The molecule has 0 bridgehead atoms. The van der Waals surface area contributed by atoms with Gasteiger partial charge >= 0.3 is 0 Å². The number of benzene rings is 1. The van der Waals surface area contributed by atoms with E-state index in [0.717, 1.165) is 48.6 Å². The lowest BCUT2D eigenvalue weighted by Crippen LogP contribution is -2.39. The van der Waals surface area contributed by atoms with Crippen molar-refractivity contribution in [2.45, 2.75) is 31.6 Å². The molecule has 1 saturated heterocycles. The van der Waals surface area contributed by atoms with Gasteiger partial charge in [0.25, 0.3) is 0 Å². The zero-order valence-corrected chi connectivity index (χ0v) is 13.2. The number of rotatable bonds is 4. The summed E-state index contributed by atoms with van der Waals surface area (Å²) >= 11 is 5.98. The molecular formula is C17H20ClN3O. The first-order valence-electron chi connectivity index (χ1n) is 7.74. The van der Waals surface area contributed by atoms with Gasteiger partial charge in [-0.3, -0.25) is 9.89 Å². The van der Waals surface area contributed by atoms with Crippen LogP contribution >= 0.6 is 11.6 Å². The van der Waals surface area contributed by atoms with Crippen molar-refractivity contribution in [1.82, 2.24) is 15.1 Å². The minimum absolute atomic E-state index is 0.226. The molecule has 0 spiro atoms. The number of carbonyl (C=O) groups is 1. The van der Waals surface area contributed by atoms with Crippen LogP contribution in [0.1, 0.15) is 36.4 Å². The topological polar surface area (TPSA) is 49.0 Å². The number of H-pyrrole nitrogens is 1. The Hall–Kier alpha value is -1.81. The van der Waals surface area contributed by atoms with E-state index in [-0.39, 0.29) is 5.91 Å². The number of hydrogen-bond acceptors (Lipinski definition) is 2. The summed E-state index contributed by atoms with van der Waals surface area (Å²) in [5.74, 6) is 0.607. The number of hydrogen-bond donors (Lipinski definition) is 1. The van der Waals surface area contributed by atoms with Gasteiger partial charge in [0.1, 0.15) is 0 Å². The molecule has 0 radical (unpaired) electrons. The highest BCUT2D eigenvalue weighted by Gasteiger charge is 2.25. The second-order valence-corrected chi connectivity index (χ2v) is 6.26. The van der Waals surface area contributed by atoms with Gasteiger partial charge in [-0.05, 0) is 43.0 Å². The molecule has 1 aliphatic heterocycles. The van der Waals surface area contributed by atoms with Gasteiger partial charge in [0.2, 0.25) is 5.91 Å². The van der Waals surface area contributed by atoms with Crippen LogP contribution in [0.15, 0.2) is 36.5 Å². The predicted molar refractivity (Wildman–Crippen MR) is 86.9 cm³/mol. The van der Waals surface area contributed by atoms with E-state index in [1.807, 2.05) is 35.2 Å². The van der Waals surface area contributed by atoms with Crippen LogP contribution in [-0.2, 0) is 11.2 Å². The average Bonchev–Trinajstić information content (AvgIpc) is 3.07. The average molecular weight is 318 g/mol. The van der Waals surface area contributed by atoms with Gasteiger partial charge in [-0.25, -0.2) is 0 Å². The largest absolute Gasteiger partial charge is 0.342 e. The van der Waals surface area contributed by atoms with Crippen molar-refractivity contribution in [1.29, 1.82) is 0 Å². The smallest absolute Gasteiger partial charge is 0.222 e. The Morgan fingerprint density at radius 2 is 2.32 bits per heavy atom. The number of aromatic amines is 1. The first-order chi connectivity index (χ1) is 10.7. The van der Waals surface area contributed by atoms with Crippen LogP contribution in [0, 0.1) is 0 Å². The number of aromatic nitrogens is 2. The molecule has 1 aromatic carbocycles. The van der Waals surface area contributed by atoms with E-state index in [1.54, 1.807) is 6.20 Å². The lowest BCUT2D eigenvalue weighted by atomic mass is 9.94. The van der Waals surface area contributed by atoms with Gasteiger partial charge < -0.3 is 4.90 Å². The fourth-order valence-corrected chi connectivity index (χ4v) is 3.27. The van der Waals surface area contributed by atoms with Crippen molar-refractivity contribution in [3.8, 4) is 0 Å². The van der Waals surface area contributed by atoms with Crippen LogP contribution in [0.25, 0.3) is 0 Å². The summed E-state index contributed by atoms with van der Waals surface area (Å²) in [7, 11) is 0. The van der Waals surface area contributed by atoms with Crippen LogP contribution < -0.4 is 0 Å². The number of nitrogens with one attached hydrogen (secondary N) is 1. The van der Waals surface area contributed by atoms with Gasteiger partial charge in [0.05, 0.1) is 0 Å². The van der Waals surface area contributed by atoms with Crippen molar-refractivity contribution < 1.29 is 4.79 Å². The molecule has 2 heterocycles. The Bertz CT molecular complexity index is 627. The lowest BCUT2D eigenvalue weighted by molar-refractivity contribution is -0.132. The number of carbonyl (C=O) groups excluding carboxylic acids is 1. The molecule has 2 aromatic rings. The van der Waals surface area contributed by atoms with Crippen LogP contribution in [0.4, 0.5) is 0 Å². The van der Waals surface area contributed by atoms with E-state index < -0.39 is 0 Å². The number of likely N-dealkylation sites (tertiary alicyclic amines) is 1. The number of piperidine rings is 1. The first kappa shape index (κ1) is 15.1. The van der Waals surface area contributed by atoms with Crippen LogP contribution in [0.3, 0.4) is 0 Å². The summed E-state index contributed by atoms with van der Waals surface area (Å²) in [6.45, 7) is 1.65. The monoisotopic (exact) mass is 317 g/mol. The highest BCUT2D eigenvalue weighted by molar-refractivity contribution is 6.30. The maximum absolute atomic E-state index is 12.4. The van der Waals surface area contributed by atoms with Crippen molar-refractivity contribution >= 4 is 17.5 Å². The number of nitrogens with zero attached hydrogens (tertiary/aromatic N) is 2. The van der Waals surface area contributed by atoms with E-state index in [4.69, 9.17) is 11.6 Å². The molecule has 5 heteroatoms. The second-order valence-electron chi connectivity index (χ2n) is 5.82. The van der Waals surface area contributed by atoms with Crippen molar-refractivity contribution in [2.75, 3.05) is 13.1 Å². The third-order valence-electron chi connectivity index (χ3n) is 4.25. The molecule has 4 nitrogen and oxygen atoms in total. The molecule has 1 aromatic heterocycles. The number of aryl methyl sites for hydroxylation is 1. The van der Waals surface area contributed by atoms with Gasteiger partial charge in [-0.1, -0.05) is 23.7 Å². The molecular weight excluding hydrogens is 298 g/mol. The fraction of sp³-hybridized carbons (Fsp3) is 0.412. The summed E-state index contributed by atoms with van der Waals surface area (Å²) in [5.41, 5.74) is 2.25. The highest BCUT2D eigenvalue weighted by atomic mass is 35.5. The Labute approximate surface area is 135 Å². The first-order valence-corrected chi connectivity index (χ1v) is 8.11. The van der Waals surface area contributed by atoms with Crippen LogP contribution in [0.5, 0.6) is 0 Å². The summed E-state index contributed by atoms with van der Waals surface area (Å²) in [4.78, 5) is 14.4. The van der Waals surface area contributed by atoms with E-state index in [1.165, 1.54) is 0 Å². The fourth-order valence-electron chi connectivity index (χ4n) is 3.05. The summed E-state index contributed by atoms with van der Waals surface area (Å²) < 4.78 is 0. The minimum Gasteiger partial charge on any atom is -0.342 e. The second kappa shape index (κ2) is 6.97. The van der Waals surface area contributed by atoms with E-state index >= 15 is 0 Å². The molecule has 0 saturated carbocycles. The maximum atomic E-state index is 12.4. The number of amides is 1. The van der Waals surface area contributed by atoms with Crippen molar-refractivity contribution in [2.24, 2.45) is 0 Å². The standard InChI is InChI=1S/C17H20ClN3O/c18-15-5-1-3-13(11-15)6-7-17(22)21-10-2-4-14(12-21)16-8-9-19-20-16/h1,3,5,8-9,11,14H,2,4,6-7,10,12H2,(H,19,20)/t14-/m1/s1. The van der Waals surface area contributed by atoms with Crippen LogP contribution in [0.2, 0.25) is 5.02 Å². The van der Waals surface area contributed by atoms with Crippen molar-refractivity contribution in [3.05, 3.63) is 52.8 Å². The normalized spacial score (nSPS) is 18.4. The molecule has 22 heavy (non-hydrogen) atoms. The zero-order chi connectivity index (χ0) is 15.4. The summed E-state index contributed by atoms with van der Waals surface area (Å²) in [6, 6.07) is 9.73. The molecule has 1 N–H and O–H groups in total. The zero-order valence-electron chi connectivity index (χ0n) is 12.5. The molecule has 1 amide bonds. The summed E-state index contributed by atoms with van der Waals surface area (Å²) in [5, 5.41) is 7.76. The molecule has 0 unspecified atom stereocenters. The Morgan fingerprint density at radius 1 is 1.41 bits per heavy atom. The Kier molecular flexibility index (Phi) is 4.78. The van der Waals surface area contributed by atoms with E-state index in [9.17, 15) is 4.79 Å². The molecule has 116 valence electrons. The predicted octanol–water partition coefficient (Wildman–Crippen LogP) is 3.40.